The van der Waals surface area contributed by atoms with Gasteiger partial charge in [-0.25, -0.2) is 0 Å². The van der Waals surface area contributed by atoms with Crippen LogP contribution in [0.4, 0.5) is 0 Å². The van der Waals surface area contributed by atoms with Crippen LogP contribution in [0.25, 0.3) is 0 Å². The van der Waals surface area contributed by atoms with Crippen molar-refractivity contribution in [2.75, 3.05) is 0 Å². The van der Waals surface area contributed by atoms with Crippen LogP contribution in [-0.4, -0.2) is 14.4 Å². The zero-order valence-electron chi connectivity index (χ0n) is 9.11. The molecule has 0 amide bonds. The highest BCUT2D eigenvalue weighted by Crippen LogP contribution is 2.20. The molecule has 0 aliphatic rings. The number of rotatable bonds is 3. The predicted molar refractivity (Wildman–Crippen MR) is 80.0 cm³/mol. The minimum absolute atomic E-state index is 0.00259. The first-order valence-corrected chi connectivity index (χ1v) is 8.23. The Kier molecular flexibility index (Phi) is 5.20. The lowest BCUT2D eigenvalue weighted by Crippen LogP contribution is -2.17. The third kappa shape index (κ3) is 4.36. The molecule has 0 aliphatic carbocycles. The minimum atomic E-state index is -4.01. The summed E-state index contributed by atoms with van der Waals surface area (Å²) in [4.78, 5) is 11.3. The summed E-state index contributed by atoms with van der Waals surface area (Å²) in [6.07, 6.45) is 0. The maximum atomic E-state index is 11.8. The van der Waals surface area contributed by atoms with Gasteiger partial charge in [0.2, 0.25) is 0 Å². The smallest absolute Gasteiger partial charge is 0.341 e. The number of halogens is 2. The molecule has 0 aliphatic heterocycles. The molecule has 0 heterocycles. The highest BCUT2D eigenvalue weighted by molar-refractivity contribution is 14.1. The molecule has 0 radical (unpaired) electrons. The molecule has 94 valence electrons. The second-order valence-electron chi connectivity index (χ2n) is 3.62. The number of carbonyl (C=O) groups excluding carboxylic acids is 1. The molecule has 0 aromatic heterocycles. The molecule has 1 rings (SSSR count). The second-order valence-corrected chi connectivity index (χ2v) is 7.65. The Bertz CT molecular complexity index is 517. The first-order chi connectivity index (χ1) is 7.72. The standard InChI is InChI=1S/C10H10I2O4S/c1-6(2)10(13)16-17(14,15)9-4-7(11)3-8(12)5-9/h3-6H,1-2H3. The van der Waals surface area contributed by atoms with E-state index in [-0.39, 0.29) is 4.90 Å². The lowest BCUT2D eigenvalue weighted by molar-refractivity contribution is -0.137. The van der Waals surface area contributed by atoms with Crippen molar-refractivity contribution in [2.24, 2.45) is 5.92 Å². The van der Waals surface area contributed by atoms with Gasteiger partial charge in [0.05, 0.1) is 5.92 Å². The van der Waals surface area contributed by atoms with E-state index in [1.165, 1.54) is 12.1 Å². The van der Waals surface area contributed by atoms with Gasteiger partial charge < -0.3 is 4.18 Å². The topological polar surface area (TPSA) is 60.4 Å². The molecule has 0 atom stereocenters. The Hall–Kier alpha value is 0.1000. The Labute approximate surface area is 128 Å². The quantitative estimate of drug-likeness (QED) is 0.494. The zero-order valence-corrected chi connectivity index (χ0v) is 14.2. The van der Waals surface area contributed by atoms with Gasteiger partial charge in [0.15, 0.2) is 0 Å². The van der Waals surface area contributed by atoms with Gasteiger partial charge in [-0.3, -0.25) is 4.79 Å². The van der Waals surface area contributed by atoms with Crippen LogP contribution in [0.3, 0.4) is 0 Å². The van der Waals surface area contributed by atoms with E-state index in [0.29, 0.717) is 0 Å². The minimum Gasteiger partial charge on any atom is -0.342 e. The maximum absolute atomic E-state index is 11.8. The Morgan fingerprint density at radius 3 is 2.06 bits per heavy atom. The van der Waals surface area contributed by atoms with Crippen LogP contribution in [0, 0.1) is 13.1 Å². The van der Waals surface area contributed by atoms with E-state index in [1.807, 2.05) is 51.2 Å². The summed E-state index contributed by atoms with van der Waals surface area (Å²) in [5.41, 5.74) is 0. The normalized spacial score (nSPS) is 11.6. The predicted octanol–water partition coefficient (Wildman–Crippen LogP) is 2.78. The first-order valence-electron chi connectivity index (χ1n) is 4.67. The molecule has 0 saturated carbocycles. The number of hydrogen-bond acceptors (Lipinski definition) is 4. The molecule has 7 heteroatoms. The summed E-state index contributed by atoms with van der Waals surface area (Å²) in [5.74, 6) is -1.23. The van der Waals surface area contributed by atoms with Crippen molar-refractivity contribution in [3.8, 4) is 0 Å². The van der Waals surface area contributed by atoms with Crippen molar-refractivity contribution in [3.63, 3.8) is 0 Å². The van der Waals surface area contributed by atoms with E-state index in [2.05, 4.69) is 4.18 Å². The SMILES string of the molecule is CC(C)C(=O)OS(=O)(=O)c1cc(I)cc(I)c1. The van der Waals surface area contributed by atoms with Gasteiger partial charge in [0.25, 0.3) is 0 Å². The summed E-state index contributed by atoms with van der Waals surface area (Å²) in [5, 5.41) is 0. The van der Waals surface area contributed by atoms with E-state index < -0.39 is 22.0 Å². The second kappa shape index (κ2) is 5.83. The van der Waals surface area contributed by atoms with E-state index >= 15 is 0 Å². The fourth-order valence-electron chi connectivity index (χ4n) is 0.925. The summed E-state index contributed by atoms with van der Waals surface area (Å²) >= 11 is 4.02. The average molecular weight is 480 g/mol. The molecule has 0 bridgehead atoms. The largest absolute Gasteiger partial charge is 0.342 e. The summed E-state index contributed by atoms with van der Waals surface area (Å²) in [6.45, 7) is 3.16. The molecular weight excluding hydrogens is 470 g/mol. The van der Waals surface area contributed by atoms with Gasteiger partial charge in [-0.05, 0) is 63.4 Å². The van der Waals surface area contributed by atoms with Crippen LogP contribution in [0.5, 0.6) is 0 Å². The van der Waals surface area contributed by atoms with Crippen LogP contribution in [-0.2, 0) is 19.1 Å². The molecule has 17 heavy (non-hydrogen) atoms. The molecule has 0 unspecified atom stereocenters. The zero-order chi connectivity index (χ0) is 13.2. The van der Waals surface area contributed by atoms with Crippen LogP contribution < -0.4 is 0 Å². The fourth-order valence-corrected chi connectivity index (χ4v) is 4.33. The van der Waals surface area contributed by atoms with Crippen molar-refractivity contribution < 1.29 is 17.4 Å². The van der Waals surface area contributed by atoms with Crippen molar-refractivity contribution in [1.82, 2.24) is 0 Å². The van der Waals surface area contributed by atoms with E-state index in [9.17, 15) is 13.2 Å². The highest BCUT2D eigenvalue weighted by atomic mass is 127. The summed E-state index contributed by atoms with van der Waals surface area (Å²) in [7, 11) is -4.01. The van der Waals surface area contributed by atoms with Crippen LogP contribution in [0.15, 0.2) is 23.1 Å². The maximum Gasteiger partial charge on any atom is 0.341 e. The molecule has 4 nitrogen and oxygen atoms in total. The fraction of sp³-hybridized carbons (Fsp3) is 0.300. The first kappa shape index (κ1) is 15.2. The summed E-state index contributed by atoms with van der Waals surface area (Å²) < 4.78 is 29.7. The van der Waals surface area contributed by atoms with E-state index in [1.54, 1.807) is 13.8 Å². The number of benzene rings is 1. The highest BCUT2D eigenvalue weighted by Gasteiger charge is 2.22. The van der Waals surface area contributed by atoms with E-state index in [4.69, 9.17) is 0 Å². The van der Waals surface area contributed by atoms with Gasteiger partial charge in [-0.15, -0.1) is 0 Å². The van der Waals surface area contributed by atoms with Gasteiger partial charge >= 0.3 is 16.1 Å². The van der Waals surface area contributed by atoms with Crippen molar-refractivity contribution >= 4 is 61.3 Å². The summed E-state index contributed by atoms with van der Waals surface area (Å²) in [6, 6.07) is 4.75. The Morgan fingerprint density at radius 1 is 1.18 bits per heavy atom. The molecule has 0 fully saturated rings. The molecule has 1 aromatic carbocycles. The van der Waals surface area contributed by atoms with Crippen LogP contribution in [0.2, 0.25) is 0 Å². The molecule has 0 N–H and O–H groups in total. The van der Waals surface area contributed by atoms with Crippen LogP contribution in [0.1, 0.15) is 13.8 Å². The van der Waals surface area contributed by atoms with Crippen molar-refractivity contribution in [3.05, 3.63) is 25.3 Å². The lowest BCUT2D eigenvalue weighted by Gasteiger charge is -2.08. The Balaban J connectivity index is 3.09. The van der Waals surface area contributed by atoms with Gasteiger partial charge in [-0.2, -0.15) is 8.42 Å². The van der Waals surface area contributed by atoms with Gasteiger partial charge in [0.1, 0.15) is 4.90 Å². The third-order valence-electron chi connectivity index (χ3n) is 1.79. The average Bonchev–Trinajstić information content (AvgIpc) is 2.15. The Morgan fingerprint density at radius 2 is 1.65 bits per heavy atom. The molecule has 1 aromatic rings. The third-order valence-corrected chi connectivity index (χ3v) is 4.23. The molecular formula is C10H10I2O4S. The van der Waals surface area contributed by atoms with Gasteiger partial charge in [0, 0.05) is 7.14 Å². The number of carbonyl (C=O) groups is 1. The van der Waals surface area contributed by atoms with Crippen molar-refractivity contribution in [2.45, 2.75) is 18.7 Å². The molecule has 0 saturated heterocycles. The van der Waals surface area contributed by atoms with Crippen molar-refractivity contribution in [1.29, 1.82) is 0 Å². The van der Waals surface area contributed by atoms with Crippen LogP contribution >= 0.6 is 45.2 Å². The van der Waals surface area contributed by atoms with Gasteiger partial charge in [-0.1, -0.05) is 13.8 Å². The van der Waals surface area contributed by atoms with E-state index in [0.717, 1.165) is 7.14 Å². The number of hydrogen-bond donors (Lipinski definition) is 0. The molecule has 0 spiro atoms. The lowest BCUT2D eigenvalue weighted by atomic mass is 10.2. The monoisotopic (exact) mass is 480 g/mol.